The molecule has 0 unspecified atom stereocenters. The number of aromatic nitrogens is 1. The minimum atomic E-state index is -1.84. The number of aromatic carboxylic acids is 2. The summed E-state index contributed by atoms with van der Waals surface area (Å²) >= 11 is 0. The van der Waals surface area contributed by atoms with E-state index in [1.807, 2.05) is 4.98 Å². The largest absolute Gasteiger partial charge is 0.478 e. The van der Waals surface area contributed by atoms with Crippen molar-refractivity contribution in [3.63, 3.8) is 0 Å². The van der Waals surface area contributed by atoms with Gasteiger partial charge in [0.25, 0.3) is 11.2 Å². The molecule has 0 bridgehead atoms. The Labute approximate surface area is 137 Å². The Balaban J connectivity index is 3.15. The highest BCUT2D eigenvalue weighted by Crippen LogP contribution is 2.37. The van der Waals surface area contributed by atoms with Crippen LogP contribution in [-0.4, -0.2) is 32.1 Å². The molecule has 11 heteroatoms. The van der Waals surface area contributed by atoms with E-state index in [4.69, 9.17) is 5.73 Å². The molecule has 0 saturated heterocycles. The number of carboxylic acids is 2. The molecule has 130 valence electrons. The van der Waals surface area contributed by atoms with Crippen molar-refractivity contribution >= 4 is 23.4 Å². The van der Waals surface area contributed by atoms with E-state index in [9.17, 15) is 39.1 Å². The highest BCUT2D eigenvalue weighted by Gasteiger charge is 2.31. The van der Waals surface area contributed by atoms with Crippen LogP contribution >= 0.6 is 0 Å². The van der Waals surface area contributed by atoms with E-state index in [1.165, 1.54) is 0 Å². The molecule has 1 aromatic carbocycles. The molecule has 0 amide bonds. The number of nitrogens with zero attached hydrogens (tertiary/aromatic N) is 1. The standard InChI is InChI=1S/C14H10FN3O7/c1-4-6(18(24)25)3-2-5(15)7(4)8-9(13(20)21)11(16)17-12(19)10(8)14(22)23/h2-3H,1H3,(H,20,21)(H,22,23)(H3,16,17,19). The summed E-state index contributed by atoms with van der Waals surface area (Å²) in [6.45, 7) is 1.10. The molecule has 0 spiro atoms. The zero-order valence-corrected chi connectivity index (χ0v) is 12.5. The predicted molar refractivity (Wildman–Crippen MR) is 82.2 cm³/mol. The van der Waals surface area contributed by atoms with Gasteiger partial charge in [-0.25, -0.2) is 14.0 Å². The summed E-state index contributed by atoms with van der Waals surface area (Å²) in [6, 6.07) is 1.51. The summed E-state index contributed by atoms with van der Waals surface area (Å²) in [5.74, 6) is -5.43. The highest BCUT2D eigenvalue weighted by atomic mass is 19.1. The Morgan fingerprint density at radius 3 is 2.24 bits per heavy atom. The third-order valence-corrected chi connectivity index (χ3v) is 3.50. The number of rotatable bonds is 4. The van der Waals surface area contributed by atoms with Crippen molar-refractivity contribution in [1.29, 1.82) is 0 Å². The number of nitrogen functional groups attached to an aromatic ring is 1. The van der Waals surface area contributed by atoms with Crippen molar-refractivity contribution in [1.82, 2.24) is 4.98 Å². The van der Waals surface area contributed by atoms with Gasteiger partial charge in [-0.2, -0.15) is 0 Å². The number of anilines is 1. The monoisotopic (exact) mass is 351 g/mol. The van der Waals surface area contributed by atoms with E-state index in [1.54, 1.807) is 0 Å². The van der Waals surface area contributed by atoms with E-state index >= 15 is 0 Å². The number of carbonyl (C=O) groups is 2. The zero-order valence-electron chi connectivity index (χ0n) is 12.5. The van der Waals surface area contributed by atoms with Crippen LogP contribution in [0.3, 0.4) is 0 Å². The summed E-state index contributed by atoms with van der Waals surface area (Å²) < 4.78 is 14.4. The lowest BCUT2D eigenvalue weighted by Crippen LogP contribution is -2.24. The van der Waals surface area contributed by atoms with E-state index in [0.29, 0.717) is 6.07 Å². The third kappa shape index (κ3) is 2.78. The molecule has 0 fully saturated rings. The van der Waals surface area contributed by atoms with Crippen molar-refractivity contribution < 1.29 is 29.1 Å². The van der Waals surface area contributed by atoms with E-state index in [0.717, 1.165) is 13.0 Å². The molecule has 5 N–H and O–H groups in total. The van der Waals surface area contributed by atoms with Crippen LogP contribution in [0.5, 0.6) is 0 Å². The van der Waals surface area contributed by atoms with Gasteiger partial charge in [-0.05, 0) is 13.0 Å². The summed E-state index contributed by atoms with van der Waals surface area (Å²) in [6.07, 6.45) is 0. The number of H-pyrrole nitrogens is 1. The van der Waals surface area contributed by atoms with Crippen molar-refractivity contribution in [3.05, 3.63) is 55.1 Å². The fourth-order valence-electron chi connectivity index (χ4n) is 2.47. The number of nitrogens with two attached hydrogens (primary N) is 1. The van der Waals surface area contributed by atoms with Crippen molar-refractivity contribution in [2.75, 3.05) is 5.73 Å². The van der Waals surface area contributed by atoms with Gasteiger partial charge in [0.1, 0.15) is 22.8 Å². The van der Waals surface area contributed by atoms with Crippen molar-refractivity contribution in [2.45, 2.75) is 6.92 Å². The van der Waals surface area contributed by atoms with Gasteiger partial charge in [0.2, 0.25) is 0 Å². The topological polar surface area (TPSA) is 177 Å². The maximum absolute atomic E-state index is 14.4. The van der Waals surface area contributed by atoms with E-state index in [2.05, 4.69) is 0 Å². The number of aromatic amines is 1. The van der Waals surface area contributed by atoms with E-state index in [-0.39, 0.29) is 5.56 Å². The Bertz CT molecular complexity index is 997. The second kappa shape index (κ2) is 6.03. The smallest absolute Gasteiger partial charge is 0.342 e. The van der Waals surface area contributed by atoms with Crippen LogP contribution in [0.1, 0.15) is 26.3 Å². The zero-order chi connectivity index (χ0) is 19.0. The van der Waals surface area contributed by atoms with Crippen LogP contribution in [0.2, 0.25) is 0 Å². The molecule has 0 aliphatic heterocycles. The minimum absolute atomic E-state index is 0.347. The van der Waals surface area contributed by atoms with Crippen LogP contribution in [0.4, 0.5) is 15.9 Å². The summed E-state index contributed by atoms with van der Waals surface area (Å²) in [4.78, 5) is 46.9. The Morgan fingerprint density at radius 1 is 1.20 bits per heavy atom. The molecule has 0 radical (unpaired) electrons. The number of benzene rings is 1. The first kappa shape index (κ1) is 17.6. The Morgan fingerprint density at radius 2 is 1.76 bits per heavy atom. The van der Waals surface area contributed by atoms with E-state index < -0.39 is 62.0 Å². The fourth-order valence-corrected chi connectivity index (χ4v) is 2.47. The van der Waals surface area contributed by atoms with Gasteiger partial charge in [-0.15, -0.1) is 0 Å². The molecule has 25 heavy (non-hydrogen) atoms. The normalized spacial score (nSPS) is 10.5. The quantitative estimate of drug-likeness (QED) is 0.471. The summed E-state index contributed by atoms with van der Waals surface area (Å²) in [5, 5.41) is 29.6. The average molecular weight is 351 g/mol. The first-order chi connectivity index (χ1) is 11.6. The molecule has 0 atom stereocenters. The third-order valence-electron chi connectivity index (χ3n) is 3.50. The first-order valence-electron chi connectivity index (χ1n) is 6.54. The molecule has 0 aliphatic rings. The molecule has 1 heterocycles. The fraction of sp³-hybridized carbons (Fsp3) is 0.0714. The number of hydrogen-bond donors (Lipinski definition) is 4. The average Bonchev–Trinajstić information content (AvgIpc) is 2.45. The number of halogens is 1. The van der Waals surface area contributed by atoms with Crippen molar-refractivity contribution in [2.24, 2.45) is 0 Å². The van der Waals surface area contributed by atoms with Gasteiger partial charge in [0, 0.05) is 22.8 Å². The van der Waals surface area contributed by atoms with Gasteiger partial charge in [0.05, 0.1) is 4.92 Å². The lowest BCUT2D eigenvalue weighted by molar-refractivity contribution is -0.385. The van der Waals surface area contributed by atoms with Crippen LogP contribution < -0.4 is 11.3 Å². The number of pyridine rings is 1. The minimum Gasteiger partial charge on any atom is -0.478 e. The number of carboxylic acid groups (broad SMARTS) is 2. The molecule has 1 aromatic heterocycles. The number of nitro benzene ring substituents is 1. The summed E-state index contributed by atoms with van der Waals surface area (Å²) in [7, 11) is 0. The van der Waals surface area contributed by atoms with Gasteiger partial charge in [-0.3, -0.25) is 14.9 Å². The predicted octanol–water partition coefficient (Wildman–Crippen LogP) is 1.38. The Kier molecular flexibility index (Phi) is 4.25. The van der Waals surface area contributed by atoms with Crippen molar-refractivity contribution in [3.8, 4) is 11.1 Å². The van der Waals surface area contributed by atoms with Gasteiger partial charge < -0.3 is 20.9 Å². The van der Waals surface area contributed by atoms with Gasteiger partial charge >= 0.3 is 11.9 Å². The number of hydrogen-bond acceptors (Lipinski definition) is 6. The molecular weight excluding hydrogens is 341 g/mol. The van der Waals surface area contributed by atoms with Gasteiger partial charge in [-0.1, -0.05) is 0 Å². The van der Waals surface area contributed by atoms with Crippen LogP contribution in [0.15, 0.2) is 16.9 Å². The molecule has 2 aromatic rings. The number of nitro groups is 1. The van der Waals surface area contributed by atoms with Crippen LogP contribution in [0, 0.1) is 22.9 Å². The molecule has 0 aliphatic carbocycles. The second-order valence-corrected chi connectivity index (χ2v) is 4.93. The SMILES string of the molecule is Cc1c([N+](=O)[O-])ccc(F)c1-c1c(C(=O)O)c(N)[nH]c(=O)c1C(=O)O. The maximum atomic E-state index is 14.4. The van der Waals surface area contributed by atoms with Crippen LogP contribution in [0.25, 0.3) is 11.1 Å². The lowest BCUT2D eigenvalue weighted by atomic mass is 9.91. The summed E-state index contributed by atoms with van der Waals surface area (Å²) in [5.41, 5.74) is -0.245. The second-order valence-electron chi connectivity index (χ2n) is 4.93. The molecular formula is C14H10FN3O7. The first-order valence-corrected chi connectivity index (χ1v) is 6.54. The van der Waals surface area contributed by atoms with Gasteiger partial charge in [0.15, 0.2) is 0 Å². The maximum Gasteiger partial charge on any atom is 0.342 e. The Hall–Kier alpha value is -3.76. The highest BCUT2D eigenvalue weighted by molar-refractivity contribution is 6.08. The number of nitrogens with one attached hydrogen (secondary N) is 1. The lowest BCUT2D eigenvalue weighted by Gasteiger charge is -2.14. The molecule has 2 rings (SSSR count). The molecule has 0 saturated carbocycles. The molecule has 10 nitrogen and oxygen atoms in total. The van der Waals surface area contributed by atoms with Crippen LogP contribution in [-0.2, 0) is 0 Å².